The summed E-state index contributed by atoms with van der Waals surface area (Å²) in [6, 6.07) is 9.27. The number of piperazine rings is 1. The molecule has 0 aromatic heterocycles. The van der Waals surface area contributed by atoms with Gasteiger partial charge in [-0.1, -0.05) is 6.07 Å². The molecule has 2 aromatic carbocycles. The highest BCUT2D eigenvalue weighted by atomic mass is 32.2. The van der Waals surface area contributed by atoms with Crippen molar-refractivity contribution in [3.8, 4) is 0 Å². The smallest absolute Gasteiger partial charge is 0.336 e. The maximum atomic E-state index is 12.9. The lowest BCUT2D eigenvalue weighted by atomic mass is 9.90. The van der Waals surface area contributed by atoms with E-state index >= 15 is 0 Å². The summed E-state index contributed by atoms with van der Waals surface area (Å²) in [5, 5.41) is 0. The Morgan fingerprint density at radius 2 is 1.45 bits per heavy atom. The summed E-state index contributed by atoms with van der Waals surface area (Å²) in [5.41, 5.74) is 2.21. The molecule has 5 nitrogen and oxygen atoms in total. The third-order valence-electron chi connectivity index (χ3n) is 5.94. The van der Waals surface area contributed by atoms with Crippen LogP contribution in [0.15, 0.2) is 47.4 Å². The molecule has 0 N–H and O–H groups in total. The molecule has 31 heavy (non-hydrogen) atoms. The number of benzene rings is 2. The van der Waals surface area contributed by atoms with Crippen molar-refractivity contribution >= 4 is 15.9 Å². The number of hydrogen-bond acceptors (Lipinski definition) is 3. The molecule has 2 aromatic rings. The van der Waals surface area contributed by atoms with Crippen LogP contribution in [-0.4, -0.2) is 49.7 Å². The number of fused-ring (bicyclic) bond motifs is 1. The number of amides is 1. The Labute approximate surface area is 179 Å². The fourth-order valence-corrected chi connectivity index (χ4v) is 5.57. The normalized spacial score (nSPS) is 18.0. The Morgan fingerprint density at radius 3 is 2.06 bits per heavy atom. The standard InChI is InChI=1S/C22H23F3N2O3S/c23-22(24,25)19-7-9-20(10-8-19)31(29,30)27-13-11-26(12-14-27)21(28)18-6-5-16-3-1-2-4-17(16)15-18/h5-10,15H,1-4,11-14H2. The van der Waals surface area contributed by atoms with Gasteiger partial charge >= 0.3 is 6.18 Å². The number of nitrogens with zero attached hydrogens (tertiary/aromatic N) is 2. The van der Waals surface area contributed by atoms with E-state index in [1.54, 1.807) is 4.90 Å². The highest BCUT2D eigenvalue weighted by Gasteiger charge is 2.33. The van der Waals surface area contributed by atoms with Gasteiger partial charge in [-0.2, -0.15) is 17.5 Å². The van der Waals surface area contributed by atoms with E-state index in [-0.39, 0.29) is 37.0 Å². The Kier molecular flexibility index (Phi) is 5.83. The van der Waals surface area contributed by atoms with E-state index in [2.05, 4.69) is 0 Å². The first-order chi connectivity index (χ1) is 14.7. The lowest BCUT2D eigenvalue weighted by Crippen LogP contribution is -2.50. The Hall–Kier alpha value is -2.39. The molecule has 1 aliphatic heterocycles. The highest BCUT2D eigenvalue weighted by molar-refractivity contribution is 7.89. The molecule has 9 heteroatoms. The molecule has 0 radical (unpaired) electrons. The van der Waals surface area contributed by atoms with Crippen LogP contribution in [0.5, 0.6) is 0 Å². The van der Waals surface area contributed by atoms with Crippen LogP contribution in [0, 0.1) is 0 Å². The second-order valence-corrected chi connectivity index (χ2v) is 9.85. The Bertz CT molecular complexity index is 1070. The largest absolute Gasteiger partial charge is 0.416 e. The van der Waals surface area contributed by atoms with Gasteiger partial charge in [0.05, 0.1) is 10.5 Å². The van der Waals surface area contributed by atoms with E-state index in [1.165, 1.54) is 15.4 Å². The Morgan fingerprint density at radius 1 is 0.839 bits per heavy atom. The van der Waals surface area contributed by atoms with E-state index in [0.29, 0.717) is 5.56 Å². The van der Waals surface area contributed by atoms with Crippen molar-refractivity contribution in [3.63, 3.8) is 0 Å². The van der Waals surface area contributed by atoms with Crippen molar-refractivity contribution in [1.29, 1.82) is 0 Å². The zero-order valence-electron chi connectivity index (χ0n) is 16.9. The van der Waals surface area contributed by atoms with Crippen LogP contribution in [0.4, 0.5) is 13.2 Å². The van der Waals surface area contributed by atoms with Gasteiger partial charge in [0.2, 0.25) is 10.0 Å². The van der Waals surface area contributed by atoms with Gasteiger partial charge < -0.3 is 4.90 Å². The number of aryl methyl sites for hydroxylation is 2. The first-order valence-corrected chi connectivity index (χ1v) is 11.7. The second kappa shape index (κ2) is 8.27. The lowest BCUT2D eigenvalue weighted by Gasteiger charge is -2.34. The quantitative estimate of drug-likeness (QED) is 0.713. The average molecular weight is 452 g/mol. The zero-order valence-corrected chi connectivity index (χ0v) is 17.7. The van der Waals surface area contributed by atoms with E-state index in [9.17, 15) is 26.4 Å². The molecular weight excluding hydrogens is 429 g/mol. The fraction of sp³-hybridized carbons (Fsp3) is 0.409. The molecule has 0 spiro atoms. The molecule has 1 fully saturated rings. The average Bonchev–Trinajstić information content (AvgIpc) is 2.78. The lowest BCUT2D eigenvalue weighted by molar-refractivity contribution is -0.137. The minimum Gasteiger partial charge on any atom is -0.336 e. The molecule has 1 saturated heterocycles. The van der Waals surface area contributed by atoms with E-state index in [0.717, 1.165) is 49.9 Å². The number of carbonyl (C=O) groups is 1. The van der Waals surface area contributed by atoms with Gasteiger partial charge in [-0.3, -0.25) is 4.79 Å². The van der Waals surface area contributed by atoms with Crippen molar-refractivity contribution in [3.05, 3.63) is 64.7 Å². The molecule has 4 rings (SSSR count). The minimum atomic E-state index is -4.52. The maximum absolute atomic E-state index is 12.9. The molecule has 1 amide bonds. The minimum absolute atomic E-state index is 0.0973. The Balaban J connectivity index is 1.42. The van der Waals surface area contributed by atoms with Gasteiger partial charge in [0.25, 0.3) is 5.91 Å². The predicted octanol–water partition coefficient (Wildman–Crippen LogP) is 3.73. The third kappa shape index (κ3) is 4.48. The SMILES string of the molecule is O=C(c1ccc2c(c1)CCCC2)N1CCN(S(=O)(=O)c2ccc(C(F)(F)F)cc2)CC1. The summed E-state index contributed by atoms with van der Waals surface area (Å²) in [4.78, 5) is 14.3. The van der Waals surface area contributed by atoms with Crippen molar-refractivity contribution in [2.75, 3.05) is 26.2 Å². The number of carbonyl (C=O) groups excluding carboxylic acids is 1. The molecule has 1 aliphatic carbocycles. The summed E-state index contributed by atoms with van der Waals surface area (Å²) in [5.74, 6) is -0.125. The molecule has 0 saturated carbocycles. The molecule has 0 unspecified atom stereocenters. The molecule has 2 aliphatic rings. The number of hydrogen-bond donors (Lipinski definition) is 0. The van der Waals surface area contributed by atoms with Crippen molar-refractivity contribution in [2.24, 2.45) is 0 Å². The van der Waals surface area contributed by atoms with Gasteiger partial charge in [-0.25, -0.2) is 8.42 Å². The van der Waals surface area contributed by atoms with Crippen molar-refractivity contribution in [2.45, 2.75) is 36.8 Å². The predicted molar refractivity (Wildman–Crippen MR) is 109 cm³/mol. The fourth-order valence-electron chi connectivity index (χ4n) is 4.15. The van der Waals surface area contributed by atoms with E-state index in [1.807, 2.05) is 18.2 Å². The van der Waals surface area contributed by atoms with Crippen LogP contribution in [0.1, 0.15) is 39.9 Å². The number of alkyl halides is 3. The number of rotatable bonds is 3. The second-order valence-electron chi connectivity index (χ2n) is 7.91. The zero-order chi connectivity index (χ0) is 22.2. The topological polar surface area (TPSA) is 57.7 Å². The van der Waals surface area contributed by atoms with Crippen LogP contribution in [-0.2, 0) is 29.0 Å². The summed E-state index contributed by atoms with van der Waals surface area (Å²) < 4.78 is 65.0. The van der Waals surface area contributed by atoms with Crippen LogP contribution < -0.4 is 0 Å². The monoisotopic (exact) mass is 452 g/mol. The van der Waals surface area contributed by atoms with E-state index in [4.69, 9.17) is 0 Å². The van der Waals surface area contributed by atoms with Gasteiger partial charge in [0.15, 0.2) is 0 Å². The summed E-state index contributed by atoms with van der Waals surface area (Å²) in [6.45, 7) is 0.658. The summed E-state index contributed by atoms with van der Waals surface area (Å²) in [7, 11) is -3.92. The van der Waals surface area contributed by atoms with Crippen LogP contribution >= 0.6 is 0 Å². The summed E-state index contributed by atoms with van der Waals surface area (Å²) >= 11 is 0. The molecular formula is C22H23F3N2O3S. The summed E-state index contributed by atoms with van der Waals surface area (Å²) in [6.07, 6.45) is -0.244. The molecule has 0 bridgehead atoms. The van der Waals surface area contributed by atoms with Crippen LogP contribution in [0.3, 0.4) is 0 Å². The van der Waals surface area contributed by atoms with Gasteiger partial charge in [-0.05, 0) is 73.2 Å². The first kappa shape index (κ1) is 21.8. The van der Waals surface area contributed by atoms with Gasteiger partial charge in [-0.15, -0.1) is 0 Å². The van der Waals surface area contributed by atoms with Crippen molar-refractivity contribution < 1.29 is 26.4 Å². The number of halogens is 3. The first-order valence-electron chi connectivity index (χ1n) is 10.2. The van der Waals surface area contributed by atoms with Gasteiger partial charge in [0.1, 0.15) is 0 Å². The van der Waals surface area contributed by atoms with Crippen molar-refractivity contribution in [1.82, 2.24) is 9.21 Å². The molecule has 0 atom stereocenters. The molecule has 1 heterocycles. The highest BCUT2D eigenvalue weighted by Crippen LogP contribution is 2.30. The van der Waals surface area contributed by atoms with Crippen LogP contribution in [0.2, 0.25) is 0 Å². The van der Waals surface area contributed by atoms with E-state index < -0.39 is 21.8 Å². The molecule has 166 valence electrons. The van der Waals surface area contributed by atoms with Gasteiger partial charge in [0, 0.05) is 31.7 Å². The van der Waals surface area contributed by atoms with Crippen LogP contribution in [0.25, 0.3) is 0 Å². The third-order valence-corrected chi connectivity index (χ3v) is 7.85. The maximum Gasteiger partial charge on any atom is 0.416 e. The number of sulfonamides is 1.